The molecule has 0 aromatic heterocycles. The minimum atomic E-state index is -3.63. The summed E-state index contributed by atoms with van der Waals surface area (Å²) in [5, 5.41) is 3.25. The third-order valence-corrected chi connectivity index (χ3v) is 27.8. The summed E-state index contributed by atoms with van der Waals surface area (Å²) in [5.41, 5.74) is 3.47. The van der Waals surface area contributed by atoms with Crippen molar-refractivity contribution >= 4 is 66.7 Å². The van der Waals surface area contributed by atoms with Crippen molar-refractivity contribution in [2.24, 2.45) is 0 Å². The molecule has 0 aliphatic heterocycles. The molecule has 41 heavy (non-hydrogen) atoms. The second-order valence-electron chi connectivity index (χ2n) is 13.6. The van der Waals surface area contributed by atoms with Crippen molar-refractivity contribution in [3.05, 3.63) is 48.5 Å². The molecular formula is C36H52Cl2GeP2. The quantitative estimate of drug-likeness (QED) is 0.191. The van der Waals surface area contributed by atoms with E-state index < -0.39 is 11.4 Å². The first-order chi connectivity index (χ1) is 20.1. The van der Waals surface area contributed by atoms with E-state index in [4.69, 9.17) is 20.0 Å². The molecule has 0 atom stereocenters. The van der Waals surface area contributed by atoms with Crippen LogP contribution in [0.1, 0.15) is 128 Å². The molecule has 4 aliphatic rings. The summed E-state index contributed by atoms with van der Waals surface area (Å²) in [6, 6.07) is 18.9. The molecule has 5 heteroatoms. The second-order valence-corrected chi connectivity index (χ2v) is 30.7. The fourth-order valence-electron chi connectivity index (χ4n) is 8.89. The van der Waals surface area contributed by atoms with Gasteiger partial charge in [-0.15, -0.1) is 0 Å². The molecule has 0 unspecified atom stereocenters. The van der Waals surface area contributed by atoms with Crippen LogP contribution < -0.4 is 19.4 Å². The third kappa shape index (κ3) is 7.30. The van der Waals surface area contributed by atoms with E-state index in [1.54, 1.807) is 10.6 Å². The topological polar surface area (TPSA) is 0 Å². The molecule has 0 radical (unpaired) electrons. The Labute approximate surface area is 264 Å². The Morgan fingerprint density at radius 1 is 0.415 bits per heavy atom. The molecule has 0 heterocycles. The molecule has 0 N–H and O–H groups in total. The molecule has 224 valence electrons. The van der Waals surface area contributed by atoms with Gasteiger partial charge in [0.2, 0.25) is 0 Å². The molecule has 2 aromatic carbocycles. The van der Waals surface area contributed by atoms with Crippen LogP contribution in [0.2, 0.25) is 0 Å². The van der Waals surface area contributed by atoms with E-state index in [1.165, 1.54) is 137 Å². The van der Waals surface area contributed by atoms with Crippen molar-refractivity contribution in [1.29, 1.82) is 0 Å². The Morgan fingerprint density at radius 3 is 0.976 bits per heavy atom. The van der Waals surface area contributed by atoms with Crippen molar-refractivity contribution in [3.63, 3.8) is 0 Å². The molecule has 2 aromatic rings. The normalized spacial score (nSPS) is 22.9. The fraction of sp³-hybridized carbons (Fsp3) is 0.667. The Hall–Kier alpha value is 0.423. The van der Waals surface area contributed by atoms with Crippen LogP contribution in [0.5, 0.6) is 0 Å². The van der Waals surface area contributed by atoms with Crippen molar-refractivity contribution < 1.29 is 0 Å². The van der Waals surface area contributed by atoms with Crippen molar-refractivity contribution in [2.75, 3.05) is 0 Å². The zero-order chi connectivity index (χ0) is 28.1. The van der Waals surface area contributed by atoms with Gasteiger partial charge in [0.05, 0.1) is 0 Å². The van der Waals surface area contributed by atoms with Gasteiger partial charge in [0.1, 0.15) is 0 Å². The molecule has 6 rings (SSSR count). The van der Waals surface area contributed by atoms with Crippen LogP contribution in [0.15, 0.2) is 48.5 Å². The molecule has 0 bridgehead atoms. The molecular weight excluding hydrogens is 638 g/mol. The van der Waals surface area contributed by atoms with Crippen LogP contribution in [0.4, 0.5) is 0 Å². The summed E-state index contributed by atoms with van der Waals surface area (Å²) in [6.07, 6.45) is 28.5. The first kappa shape index (κ1) is 31.4. The molecule has 4 aliphatic carbocycles. The standard InChI is InChI=1S/C36H52Cl2GeP2/c37-39(38,33-25-13-15-27-35(33)40(29-17-5-1-6-18-29)30-19-7-2-8-20-30)34-26-14-16-28-36(34)41(31-21-9-3-10-22-31)32-23-11-4-12-24-32/h13-16,25-32H,1-12,17-24H2. The summed E-state index contributed by atoms with van der Waals surface area (Å²) in [5.74, 6) is 0. The number of rotatable bonds is 8. The van der Waals surface area contributed by atoms with Gasteiger partial charge >= 0.3 is 266 Å². The summed E-state index contributed by atoms with van der Waals surface area (Å²) < 4.78 is 2.82. The molecule has 4 fully saturated rings. The van der Waals surface area contributed by atoms with E-state index in [0.29, 0.717) is 0 Å². The van der Waals surface area contributed by atoms with Crippen molar-refractivity contribution in [1.82, 2.24) is 0 Å². The van der Waals surface area contributed by atoms with Gasteiger partial charge in [0.15, 0.2) is 0 Å². The van der Waals surface area contributed by atoms with E-state index in [-0.39, 0.29) is 15.8 Å². The van der Waals surface area contributed by atoms with Gasteiger partial charge in [-0.2, -0.15) is 0 Å². The van der Waals surface area contributed by atoms with E-state index in [9.17, 15) is 0 Å². The fourth-order valence-corrected chi connectivity index (χ4v) is 28.3. The van der Waals surface area contributed by atoms with Crippen LogP contribution in [-0.4, -0.2) is 34.0 Å². The Morgan fingerprint density at radius 2 is 0.683 bits per heavy atom. The molecule has 0 saturated heterocycles. The minimum absolute atomic E-state index is 0.234. The van der Waals surface area contributed by atoms with Gasteiger partial charge in [0.25, 0.3) is 0 Å². The average Bonchev–Trinajstić information content (AvgIpc) is 3.04. The molecule has 0 nitrogen and oxygen atoms in total. The zero-order valence-corrected chi connectivity index (χ0v) is 30.6. The SMILES string of the molecule is [Cl][Ge]([Cl])([c]1ccccc1P(C1CCCCC1)C1CCCCC1)[c]1ccccc1P(C1CCCCC1)C1CCCCC1. The number of halogens is 2. The van der Waals surface area contributed by atoms with Gasteiger partial charge < -0.3 is 0 Å². The zero-order valence-electron chi connectivity index (χ0n) is 25.2. The van der Waals surface area contributed by atoms with Crippen LogP contribution in [0.25, 0.3) is 0 Å². The maximum atomic E-state index is 8.01. The van der Waals surface area contributed by atoms with Crippen LogP contribution in [0, 0.1) is 0 Å². The third-order valence-electron chi connectivity index (χ3n) is 10.9. The Balaban J connectivity index is 1.42. The Kier molecular flexibility index (Phi) is 11.6. The van der Waals surface area contributed by atoms with Crippen LogP contribution >= 0.6 is 35.9 Å². The predicted octanol–water partition coefficient (Wildman–Crippen LogP) is 10.3. The molecule has 4 saturated carbocycles. The predicted molar refractivity (Wildman–Crippen MR) is 190 cm³/mol. The van der Waals surface area contributed by atoms with Crippen LogP contribution in [-0.2, 0) is 0 Å². The van der Waals surface area contributed by atoms with E-state index in [1.807, 2.05) is 0 Å². The van der Waals surface area contributed by atoms with E-state index in [2.05, 4.69) is 48.5 Å². The van der Waals surface area contributed by atoms with Gasteiger partial charge in [-0.3, -0.25) is 0 Å². The molecule has 0 amide bonds. The maximum absolute atomic E-state index is 8.01. The molecule has 0 spiro atoms. The van der Waals surface area contributed by atoms with E-state index >= 15 is 0 Å². The summed E-state index contributed by atoms with van der Waals surface area (Å²) >= 11 is -3.63. The van der Waals surface area contributed by atoms with Crippen molar-refractivity contribution in [2.45, 2.75) is 151 Å². The number of hydrogen-bond acceptors (Lipinski definition) is 0. The van der Waals surface area contributed by atoms with Gasteiger partial charge in [-0.05, 0) is 0 Å². The second kappa shape index (κ2) is 15.1. The van der Waals surface area contributed by atoms with Gasteiger partial charge in [-0.1, -0.05) is 0 Å². The van der Waals surface area contributed by atoms with Gasteiger partial charge in [0, 0.05) is 0 Å². The van der Waals surface area contributed by atoms with Crippen LogP contribution in [0.3, 0.4) is 0 Å². The Bertz CT molecular complexity index is 977. The summed E-state index contributed by atoms with van der Waals surface area (Å²) in [7, 11) is 15.6. The summed E-state index contributed by atoms with van der Waals surface area (Å²) in [6.45, 7) is 0. The monoisotopic (exact) mass is 690 g/mol. The first-order valence-electron chi connectivity index (χ1n) is 17.3. The van der Waals surface area contributed by atoms with Gasteiger partial charge in [-0.25, -0.2) is 0 Å². The van der Waals surface area contributed by atoms with E-state index in [0.717, 1.165) is 22.6 Å². The first-order valence-corrected chi connectivity index (χ1v) is 27.9. The number of benzene rings is 2. The summed E-state index contributed by atoms with van der Waals surface area (Å²) in [4.78, 5) is 0. The average molecular weight is 690 g/mol. The van der Waals surface area contributed by atoms with Crippen molar-refractivity contribution in [3.8, 4) is 0 Å². The number of hydrogen-bond donors (Lipinski definition) is 0.